The van der Waals surface area contributed by atoms with Crippen LogP contribution in [-0.2, 0) is 22.1 Å². The maximum Gasteiger partial charge on any atom is 0.416 e. The van der Waals surface area contributed by atoms with Gasteiger partial charge in [-0.3, -0.25) is 14.7 Å². The van der Waals surface area contributed by atoms with Gasteiger partial charge in [-0.25, -0.2) is 0 Å². The Balaban J connectivity index is 1.43. The average Bonchev–Trinajstić information content (AvgIpc) is 3.25. The number of morpholine rings is 1. The third-order valence-electron chi connectivity index (χ3n) is 5.87. The van der Waals surface area contributed by atoms with E-state index in [1.54, 1.807) is 0 Å². The van der Waals surface area contributed by atoms with Crippen molar-refractivity contribution in [2.24, 2.45) is 0 Å². The predicted molar refractivity (Wildman–Crippen MR) is 109 cm³/mol. The molecule has 0 spiro atoms. The van der Waals surface area contributed by atoms with Crippen LogP contribution in [0.4, 0.5) is 13.2 Å². The Labute approximate surface area is 179 Å². The molecule has 0 bridgehead atoms. The van der Waals surface area contributed by atoms with Gasteiger partial charge in [0.15, 0.2) is 0 Å². The summed E-state index contributed by atoms with van der Waals surface area (Å²) in [5.74, 6) is 0.111. The van der Waals surface area contributed by atoms with E-state index in [-0.39, 0.29) is 11.9 Å². The van der Waals surface area contributed by atoms with Crippen molar-refractivity contribution in [3.8, 4) is 0 Å². The number of benzene rings is 1. The quantitative estimate of drug-likeness (QED) is 0.722. The molecule has 0 saturated carbocycles. The van der Waals surface area contributed by atoms with E-state index < -0.39 is 11.7 Å². The Morgan fingerprint density at radius 2 is 1.81 bits per heavy atom. The van der Waals surface area contributed by atoms with E-state index in [4.69, 9.17) is 9.72 Å². The molecule has 0 N–H and O–H groups in total. The van der Waals surface area contributed by atoms with E-state index in [9.17, 15) is 18.0 Å². The lowest BCUT2D eigenvalue weighted by atomic mass is 10.1. The molecule has 0 aliphatic carbocycles. The molecule has 166 valence electrons. The van der Waals surface area contributed by atoms with Crippen LogP contribution in [0, 0.1) is 0 Å². The van der Waals surface area contributed by atoms with E-state index in [2.05, 4.69) is 4.90 Å². The third kappa shape index (κ3) is 5.43. The lowest BCUT2D eigenvalue weighted by molar-refractivity contribution is -0.137. The van der Waals surface area contributed by atoms with E-state index >= 15 is 0 Å². The van der Waals surface area contributed by atoms with Crippen molar-refractivity contribution in [2.75, 3.05) is 39.4 Å². The number of rotatable bonds is 5. The van der Waals surface area contributed by atoms with Crippen LogP contribution in [0.5, 0.6) is 0 Å². The van der Waals surface area contributed by atoms with Crippen LogP contribution in [0.25, 0.3) is 0 Å². The summed E-state index contributed by atoms with van der Waals surface area (Å²) in [5, 5.41) is 0. The zero-order valence-electron chi connectivity index (χ0n) is 17.3. The third-order valence-corrected chi connectivity index (χ3v) is 5.87. The second-order valence-corrected chi connectivity index (χ2v) is 8.06. The molecule has 1 atom stereocenters. The van der Waals surface area contributed by atoms with E-state index in [0.29, 0.717) is 26.2 Å². The normalized spacial score (nSPS) is 20.2. The van der Waals surface area contributed by atoms with Gasteiger partial charge < -0.3 is 9.64 Å². The van der Waals surface area contributed by atoms with E-state index in [1.165, 1.54) is 12.1 Å². The zero-order valence-corrected chi connectivity index (χ0v) is 17.3. The molecule has 2 fully saturated rings. The molecule has 2 saturated heterocycles. The van der Waals surface area contributed by atoms with Gasteiger partial charge in [-0.2, -0.15) is 13.2 Å². The summed E-state index contributed by atoms with van der Waals surface area (Å²) in [4.78, 5) is 21.7. The molecule has 4 rings (SSSR count). The van der Waals surface area contributed by atoms with Crippen molar-refractivity contribution in [3.63, 3.8) is 0 Å². The van der Waals surface area contributed by atoms with Crippen molar-refractivity contribution in [1.29, 1.82) is 0 Å². The molecule has 1 aromatic carbocycles. The highest BCUT2D eigenvalue weighted by Gasteiger charge is 2.32. The standard InChI is InChI=1S/C23H26F3N3O2/c24-23(25,26)18-8-6-17(7-9-18)15-19-3-1-4-20(27-19)21-5-2-10-29(21)22(30)16-28-11-13-31-14-12-28/h1,3-4,6-9,21H,2,5,10-16H2. The Morgan fingerprint density at radius 3 is 2.52 bits per heavy atom. The number of likely N-dealkylation sites (tertiary alicyclic amines) is 1. The zero-order chi connectivity index (χ0) is 21.8. The van der Waals surface area contributed by atoms with Gasteiger partial charge in [-0.1, -0.05) is 18.2 Å². The van der Waals surface area contributed by atoms with Crippen molar-refractivity contribution < 1.29 is 22.7 Å². The molecule has 0 radical (unpaired) electrons. The summed E-state index contributed by atoms with van der Waals surface area (Å²) >= 11 is 0. The number of carbonyl (C=O) groups is 1. The van der Waals surface area contributed by atoms with Crippen molar-refractivity contribution in [3.05, 3.63) is 65.0 Å². The smallest absolute Gasteiger partial charge is 0.379 e. The fourth-order valence-electron chi connectivity index (χ4n) is 4.22. The number of carbonyl (C=O) groups excluding carboxylic acids is 1. The van der Waals surface area contributed by atoms with Gasteiger partial charge in [0.1, 0.15) is 0 Å². The second-order valence-electron chi connectivity index (χ2n) is 8.06. The molecule has 2 aliphatic heterocycles. The number of halogens is 3. The Morgan fingerprint density at radius 1 is 1.06 bits per heavy atom. The highest BCUT2D eigenvalue weighted by atomic mass is 19.4. The van der Waals surface area contributed by atoms with Crippen LogP contribution in [0.3, 0.4) is 0 Å². The molecule has 1 amide bonds. The number of aromatic nitrogens is 1. The predicted octanol–water partition coefficient (Wildman–Crippen LogP) is 3.69. The molecule has 2 aliphatic rings. The van der Waals surface area contributed by atoms with Crippen LogP contribution < -0.4 is 0 Å². The lowest BCUT2D eigenvalue weighted by Crippen LogP contribution is -2.44. The summed E-state index contributed by atoms with van der Waals surface area (Å²) < 4.78 is 43.7. The number of hydrogen-bond acceptors (Lipinski definition) is 4. The van der Waals surface area contributed by atoms with Gasteiger partial charge in [0.25, 0.3) is 0 Å². The van der Waals surface area contributed by atoms with Gasteiger partial charge in [-0.05, 0) is 42.7 Å². The van der Waals surface area contributed by atoms with Gasteiger partial charge >= 0.3 is 6.18 Å². The first-order valence-electron chi connectivity index (χ1n) is 10.6. The monoisotopic (exact) mass is 433 g/mol. The topological polar surface area (TPSA) is 45.7 Å². The first kappa shape index (κ1) is 21.8. The summed E-state index contributed by atoms with van der Waals surface area (Å²) in [6.45, 7) is 3.97. The molecule has 3 heterocycles. The first-order valence-corrected chi connectivity index (χ1v) is 10.6. The van der Waals surface area contributed by atoms with Gasteiger partial charge in [0, 0.05) is 31.7 Å². The molecular weight excluding hydrogens is 407 g/mol. The highest BCUT2D eigenvalue weighted by molar-refractivity contribution is 5.79. The Kier molecular flexibility index (Phi) is 6.57. The number of ether oxygens (including phenoxy) is 1. The SMILES string of the molecule is O=C(CN1CCOCC1)N1CCCC1c1cccc(Cc2ccc(C(F)(F)F)cc2)n1. The maximum absolute atomic E-state index is 12.9. The number of nitrogens with zero attached hydrogens (tertiary/aromatic N) is 3. The molecule has 5 nitrogen and oxygen atoms in total. The van der Waals surface area contributed by atoms with Crippen LogP contribution in [-0.4, -0.2) is 60.1 Å². The Hall–Kier alpha value is -2.45. The lowest BCUT2D eigenvalue weighted by Gasteiger charge is -2.30. The Bertz CT molecular complexity index is 896. The number of pyridine rings is 1. The number of amides is 1. The summed E-state index contributed by atoms with van der Waals surface area (Å²) in [6, 6.07) is 10.8. The summed E-state index contributed by atoms with van der Waals surface area (Å²) in [6.07, 6.45) is -2.09. The number of hydrogen-bond donors (Lipinski definition) is 0. The van der Waals surface area contributed by atoms with E-state index in [1.807, 2.05) is 23.1 Å². The van der Waals surface area contributed by atoms with Crippen molar-refractivity contribution in [2.45, 2.75) is 31.5 Å². The highest BCUT2D eigenvalue weighted by Crippen LogP contribution is 2.32. The molecule has 8 heteroatoms. The number of alkyl halides is 3. The molecular formula is C23H26F3N3O2. The van der Waals surface area contributed by atoms with Crippen LogP contribution >= 0.6 is 0 Å². The van der Waals surface area contributed by atoms with Crippen molar-refractivity contribution in [1.82, 2.24) is 14.8 Å². The summed E-state index contributed by atoms with van der Waals surface area (Å²) in [7, 11) is 0. The fourth-order valence-corrected chi connectivity index (χ4v) is 4.22. The van der Waals surface area contributed by atoms with Gasteiger partial charge in [-0.15, -0.1) is 0 Å². The van der Waals surface area contributed by atoms with Gasteiger partial charge in [0.2, 0.25) is 5.91 Å². The molecule has 1 aromatic heterocycles. The average molecular weight is 433 g/mol. The molecule has 2 aromatic rings. The van der Waals surface area contributed by atoms with Crippen LogP contribution in [0.1, 0.15) is 41.4 Å². The summed E-state index contributed by atoms with van der Waals surface area (Å²) in [5.41, 5.74) is 1.74. The largest absolute Gasteiger partial charge is 0.416 e. The van der Waals surface area contributed by atoms with Crippen molar-refractivity contribution >= 4 is 5.91 Å². The minimum atomic E-state index is -4.34. The molecule has 31 heavy (non-hydrogen) atoms. The maximum atomic E-state index is 12.9. The minimum Gasteiger partial charge on any atom is -0.379 e. The first-order chi connectivity index (χ1) is 14.9. The fraction of sp³-hybridized carbons (Fsp3) is 0.478. The minimum absolute atomic E-state index is 0.0545. The van der Waals surface area contributed by atoms with E-state index in [0.717, 1.165) is 61.6 Å². The van der Waals surface area contributed by atoms with Crippen LogP contribution in [0.2, 0.25) is 0 Å². The second kappa shape index (κ2) is 9.36. The van der Waals surface area contributed by atoms with Gasteiger partial charge in [0.05, 0.1) is 37.1 Å². The molecule has 1 unspecified atom stereocenters. The van der Waals surface area contributed by atoms with Crippen LogP contribution in [0.15, 0.2) is 42.5 Å².